The Labute approximate surface area is 176 Å². The van der Waals surface area contributed by atoms with Gasteiger partial charge in [0.2, 0.25) is 0 Å². The fourth-order valence-electron chi connectivity index (χ4n) is 2.35. The van der Waals surface area contributed by atoms with E-state index in [9.17, 15) is 0 Å². The summed E-state index contributed by atoms with van der Waals surface area (Å²) in [6.45, 7) is 4.10. The fourth-order valence-corrected chi connectivity index (χ4v) is 2.35. The van der Waals surface area contributed by atoms with E-state index in [0.29, 0.717) is 0 Å². The normalized spacial score (nSPS) is 11.4. The summed E-state index contributed by atoms with van der Waals surface area (Å²) >= 11 is 7.21. The maximum atomic E-state index is 7.56. The molecular formula is C14H36O6P2S2Zn. The summed E-state index contributed by atoms with van der Waals surface area (Å²) in [6.07, 6.45) is 8.55. The minimum atomic E-state index is -3.81. The van der Waals surface area contributed by atoms with E-state index in [1.54, 1.807) is 0 Å². The van der Waals surface area contributed by atoms with Crippen molar-refractivity contribution in [3.05, 3.63) is 0 Å². The Balaban J connectivity index is -0.000000166. The molecule has 152 valence electrons. The minimum absolute atomic E-state index is 0. The number of rotatable bonds is 8. The summed E-state index contributed by atoms with van der Waals surface area (Å²) in [5, 5.41) is 0. The molecule has 0 saturated heterocycles. The van der Waals surface area contributed by atoms with Gasteiger partial charge in [0.05, 0.1) is 0 Å². The Kier molecular flexibility index (Phi) is 26.0. The Bertz CT molecular complexity index is 328. The largest absolute Gasteiger partial charge is 0.325 e. The summed E-state index contributed by atoms with van der Waals surface area (Å²) in [5.41, 5.74) is 0. The number of hydrogen-bond acceptors (Lipinski definition) is 2. The van der Waals surface area contributed by atoms with Crippen molar-refractivity contribution in [2.24, 2.45) is 17.8 Å². The van der Waals surface area contributed by atoms with Gasteiger partial charge in [0.15, 0.2) is 0 Å². The molecule has 0 spiro atoms. The van der Waals surface area contributed by atoms with E-state index >= 15 is 0 Å². The quantitative estimate of drug-likeness (QED) is 0.173. The van der Waals surface area contributed by atoms with E-state index in [1.807, 2.05) is 0 Å². The molecule has 0 aliphatic heterocycles. The molecule has 0 heterocycles. The van der Waals surface area contributed by atoms with Crippen molar-refractivity contribution in [1.29, 1.82) is 0 Å². The summed E-state index contributed by atoms with van der Waals surface area (Å²) in [4.78, 5) is 45.3. The van der Waals surface area contributed by atoms with Crippen LogP contribution in [0.15, 0.2) is 0 Å². The third-order valence-corrected chi connectivity index (χ3v) is 2.83. The van der Waals surface area contributed by atoms with Gasteiger partial charge >= 0.3 is 13.4 Å². The van der Waals surface area contributed by atoms with Crippen molar-refractivity contribution < 1.29 is 48.8 Å². The van der Waals surface area contributed by atoms with Crippen LogP contribution in [0.2, 0.25) is 0 Å². The van der Waals surface area contributed by atoms with E-state index < -0.39 is 13.4 Å². The van der Waals surface area contributed by atoms with Gasteiger partial charge in [0.1, 0.15) is 0 Å². The summed E-state index contributed by atoms with van der Waals surface area (Å²) in [6, 6.07) is 0. The second-order valence-electron chi connectivity index (χ2n) is 6.65. The molecule has 0 aromatic carbocycles. The van der Waals surface area contributed by atoms with E-state index in [-0.39, 0.29) is 19.5 Å². The maximum absolute atomic E-state index is 7.56. The van der Waals surface area contributed by atoms with Crippen LogP contribution < -0.4 is 0 Å². The van der Waals surface area contributed by atoms with Crippen LogP contribution in [0.4, 0.5) is 0 Å². The zero-order valence-electron chi connectivity index (χ0n) is 16.1. The van der Waals surface area contributed by atoms with E-state index in [4.69, 9.17) is 29.4 Å². The minimum Gasteiger partial charge on any atom is -0.325 e. The second kappa shape index (κ2) is 19.0. The Morgan fingerprint density at radius 3 is 1.20 bits per heavy atom. The van der Waals surface area contributed by atoms with Crippen molar-refractivity contribution in [2.75, 3.05) is 0 Å². The molecule has 0 aromatic heterocycles. The molecule has 0 aromatic rings. The Morgan fingerprint density at radius 1 is 0.720 bits per heavy atom. The van der Waals surface area contributed by atoms with E-state index in [1.165, 1.54) is 38.5 Å². The summed E-state index contributed by atoms with van der Waals surface area (Å²) in [5.74, 6) is 2.74. The van der Waals surface area contributed by atoms with Gasteiger partial charge in [-0.2, -0.15) is 0 Å². The first-order valence-corrected chi connectivity index (χ1v) is 13.4. The van der Waals surface area contributed by atoms with Crippen molar-refractivity contribution in [2.45, 2.75) is 73.1 Å². The number of unbranched alkanes of at least 4 members (excludes halogenated alkanes) is 2. The molecule has 6 nitrogen and oxygen atoms in total. The van der Waals surface area contributed by atoms with Gasteiger partial charge in [0.25, 0.3) is 0 Å². The maximum Gasteiger partial charge on any atom is 0.319 e. The van der Waals surface area contributed by atoms with Crippen LogP contribution in [0.5, 0.6) is 0 Å². The monoisotopic (exact) mass is 490 g/mol. The molecule has 0 unspecified atom stereocenters. The van der Waals surface area contributed by atoms with E-state index in [2.05, 4.69) is 58.2 Å². The van der Waals surface area contributed by atoms with Gasteiger partial charge < -0.3 is 29.4 Å². The first-order chi connectivity index (χ1) is 10.6. The van der Waals surface area contributed by atoms with Gasteiger partial charge in [-0.05, 0) is 54.2 Å². The molecule has 0 rings (SSSR count). The van der Waals surface area contributed by atoms with Crippen LogP contribution in [-0.2, 0) is 43.1 Å². The number of hydrogen-bond donors (Lipinski definition) is 6. The fraction of sp³-hybridized carbons (Fsp3) is 1.00. The second-order valence-corrected chi connectivity index (χ2v) is 11.6. The van der Waals surface area contributed by atoms with Gasteiger partial charge in [-0.25, -0.2) is 0 Å². The smallest absolute Gasteiger partial charge is 0.319 e. The van der Waals surface area contributed by atoms with Crippen molar-refractivity contribution in [3.8, 4) is 0 Å². The topological polar surface area (TPSA) is 121 Å². The van der Waals surface area contributed by atoms with E-state index in [0.717, 1.165) is 17.8 Å². The Hall–Kier alpha value is 1.68. The predicted molar refractivity (Wildman–Crippen MR) is 108 cm³/mol. The van der Waals surface area contributed by atoms with Crippen molar-refractivity contribution in [3.63, 3.8) is 0 Å². The molecule has 0 amide bonds. The van der Waals surface area contributed by atoms with Crippen LogP contribution in [0.25, 0.3) is 0 Å². The van der Waals surface area contributed by atoms with Crippen LogP contribution in [0, 0.1) is 17.8 Å². The van der Waals surface area contributed by atoms with Gasteiger partial charge in [-0.1, -0.05) is 60.3 Å². The molecule has 0 bridgehead atoms. The zero-order valence-corrected chi connectivity index (χ0v) is 22.5. The average Bonchev–Trinajstić information content (AvgIpc) is 2.22. The van der Waals surface area contributed by atoms with Gasteiger partial charge in [-0.15, -0.1) is 0 Å². The molecule has 0 radical (unpaired) electrons. The van der Waals surface area contributed by atoms with Crippen LogP contribution in [0.1, 0.15) is 73.1 Å². The van der Waals surface area contributed by atoms with Crippen LogP contribution >= 0.6 is 13.4 Å². The van der Waals surface area contributed by atoms with Crippen LogP contribution in [-0.4, -0.2) is 29.4 Å². The molecule has 6 N–H and O–H groups in total. The first-order valence-electron chi connectivity index (χ1n) is 8.12. The SMILES string of the molecule is CCCCCC(CC(C)C)CC(C)C.OP(O)(O)=S.OP(O)(O)=S.[Zn]. The van der Waals surface area contributed by atoms with Crippen molar-refractivity contribution >= 4 is 37.1 Å². The third kappa shape index (κ3) is 66.8. The molecule has 11 heteroatoms. The molecule has 0 atom stereocenters. The average molecular weight is 492 g/mol. The molecule has 0 saturated carbocycles. The molecule has 0 aliphatic carbocycles. The first kappa shape index (κ1) is 34.2. The zero-order chi connectivity index (χ0) is 20.0. The standard InChI is InChI=1S/C14H30.2H3O3PS.Zn/c1-6-7-8-9-14(10-12(2)3)11-13(4)5;2*1-4(2,3)5;/h12-14H,6-11H2,1-5H3;2*(H3,1,2,3,5);. The predicted octanol–water partition coefficient (Wildman–Crippen LogP) is 3.65. The van der Waals surface area contributed by atoms with Crippen molar-refractivity contribution in [1.82, 2.24) is 0 Å². The summed E-state index contributed by atoms with van der Waals surface area (Å²) < 4.78 is 0. The molecule has 0 fully saturated rings. The van der Waals surface area contributed by atoms with Gasteiger partial charge in [0, 0.05) is 19.5 Å². The third-order valence-electron chi connectivity index (χ3n) is 2.83. The molecule has 0 aliphatic rings. The Morgan fingerprint density at radius 2 is 1.00 bits per heavy atom. The van der Waals surface area contributed by atoms with Crippen LogP contribution in [0.3, 0.4) is 0 Å². The molecular weight excluding hydrogens is 456 g/mol. The summed E-state index contributed by atoms with van der Waals surface area (Å²) in [7, 11) is 0. The van der Waals surface area contributed by atoms with Gasteiger partial charge in [-0.3, -0.25) is 0 Å². The molecule has 25 heavy (non-hydrogen) atoms.